The summed E-state index contributed by atoms with van der Waals surface area (Å²) in [6, 6.07) is 5.79. The summed E-state index contributed by atoms with van der Waals surface area (Å²) in [5.41, 5.74) is 7.10. The molecule has 1 heterocycles. The molecule has 15 heavy (non-hydrogen) atoms. The maximum absolute atomic E-state index is 8.77. The number of nitriles is 1. The van der Waals surface area contributed by atoms with E-state index < -0.39 is 0 Å². The number of hydrogen-bond donors (Lipinski definition) is 2. The standard InChI is InChI=1S/C11H16N4/c1-8(13)3-4-14-11-6-10(7-12)5-9(2)15-11/h5-6,8H,3-4,13H2,1-2H3,(H,14,15). The topological polar surface area (TPSA) is 74.7 Å². The van der Waals surface area contributed by atoms with Crippen LogP contribution in [0, 0.1) is 18.3 Å². The van der Waals surface area contributed by atoms with E-state index in [0.717, 1.165) is 24.5 Å². The molecule has 3 N–H and O–H groups in total. The van der Waals surface area contributed by atoms with Crippen LogP contribution in [0.5, 0.6) is 0 Å². The van der Waals surface area contributed by atoms with E-state index in [-0.39, 0.29) is 6.04 Å². The summed E-state index contributed by atoms with van der Waals surface area (Å²) in [7, 11) is 0. The summed E-state index contributed by atoms with van der Waals surface area (Å²) in [6.07, 6.45) is 0.886. The largest absolute Gasteiger partial charge is 0.370 e. The third-order valence-corrected chi connectivity index (χ3v) is 1.99. The molecule has 4 heteroatoms. The average Bonchev–Trinajstić information content (AvgIpc) is 2.16. The van der Waals surface area contributed by atoms with E-state index >= 15 is 0 Å². The van der Waals surface area contributed by atoms with Gasteiger partial charge in [0.2, 0.25) is 0 Å². The fraction of sp³-hybridized carbons (Fsp3) is 0.455. The second kappa shape index (κ2) is 5.32. The number of hydrogen-bond acceptors (Lipinski definition) is 4. The lowest BCUT2D eigenvalue weighted by Crippen LogP contribution is -2.19. The molecular formula is C11H16N4. The zero-order valence-corrected chi connectivity index (χ0v) is 9.12. The molecule has 4 nitrogen and oxygen atoms in total. The number of nitrogens with zero attached hydrogens (tertiary/aromatic N) is 2. The Kier molecular flexibility index (Phi) is 4.07. The van der Waals surface area contributed by atoms with Gasteiger partial charge in [-0.25, -0.2) is 4.98 Å². The molecule has 0 spiro atoms. The Labute approximate surface area is 90.1 Å². The highest BCUT2D eigenvalue weighted by atomic mass is 15.0. The predicted octanol–water partition coefficient (Wildman–Crippen LogP) is 1.41. The lowest BCUT2D eigenvalue weighted by Gasteiger charge is -2.08. The molecule has 0 saturated carbocycles. The van der Waals surface area contributed by atoms with E-state index in [0.29, 0.717) is 5.56 Å². The molecule has 0 aliphatic carbocycles. The van der Waals surface area contributed by atoms with Gasteiger partial charge in [-0.05, 0) is 32.4 Å². The molecule has 1 unspecified atom stereocenters. The Hall–Kier alpha value is -1.60. The van der Waals surface area contributed by atoms with Crippen LogP contribution in [-0.2, 0) is 0 Å². The van der Waals surface area contributed by atoms with E-state index in [4.69, 9.17) is 11.0 Å². The van der Waals surface area contributed by atoms with Gasteiger partial charge in [0, 0.05) is 18.3 Å². The molecule has 1 atom stereocenters. The molecule has 0 radical (unpaired) electrons. The molecular weight excluding hydrogens is 188 g/mol. The van der Waals surface area contributed by atoms with Crippen molar-refractivity contribution in [2.45, 2.75) is 26.3 Å². The highest BCUT2D eigenvalue weighted by Crippen LogP contribution is 2.09. The molecule has 80 valence electrons. The summed E-state index contributed by atoms with van der Waals surface area (Å²) in [5.74, 6) is 0.743. The molecule has 0 aliphatic heterocycles. The highest BCUT2D eigenvalue weighted by Gasteiger charge is 1.99. The Morgan fingerprint density at radius 2 is 2.33 bits per heavy atom. The zero-order chi connectivity index (χ0) is 11.3. The third kappa shape index (κ3) is 3.96. The van der Waals surface area contributed by atoms with Crippen molar-refractivity contribution in [1.82, 2.24) is 4.98 Å². The summed E-state index contributed by atoms with van der Waals surface area (Å²) < 4.78 is 0. The van der Waals surface area contributed by atoms with E-state index in [1.807, 2.05) is 13.8 Å². The van der Waals surface area contributed by atoms with Gasteiger partial charge in [0.25, 0.3) is 0 Å². The summed E-state index contributed by atoms with van der Waals surface area (Å²) in [4.78, 5) is 4.28. The van der Waals surface area contributed by atoms with E-state index in [1.54, 1.807) is 12.1 Å². The van der Waals surface area contributed by atoms with Crippen molar-refractivity contribution in [3.8, 4) is 6.07 Å². The number of anilines is 1. The normalized spacial score (nSPS) is 11.9. The summed E-state index contributed by atoms with van der Waals surface area (Å²) >= 11 is 0. The van der Waals surface area contributed by atoms with Crippen molar-refractivity contribution in [2.75, 3.05) is 11.9 Å². The third-order valence-electron chi connectivity index (χ3n) is 1.99. The fourth-order valence-corrected chi connectivity index (χ4v) is 1.25. The highest BCUT2D eigenvalue weighted by molar-refractivity contribution is 5.44. The maximum Gasteiger partial charge on any atom is 0.127 e. The number of nitrogens with one attached hydrogen (secondary N) is 1. The smallest absolute Gasteiger partial charge is 0.127 e. The SMILES string of the molecule is Cc1cc(C#N)cc(NCCC(C)N)n1. The first-order valence-corrected chi connectivity index (χ1v) is 5.00. The van der Waals surface area contributed by atoms with Crippen LogP contribution < -0.4 is 11.1 Å². The molecule has 1 aromatic heterocycles. The summed E-state index contributed by atoms with van der Waals surface area (Å²) in [5, 5.41) is 11.9. The van der Waals surface area contributed by atoms with Crippen LogP contribution in [0.25, 0.3) is 0 Å². The zero-order valence-electron chi connectivity index (χ0n) is 9.12. The van der Waals surface area contributed by atoms with Gasteiger partial charge in [-0.1, -0.05) is 0 Å². The number of aromatic nitrogens is 1. The van der Waals surface area contributed by atoms with Crippen molar-refractivity contribution < 1.29 is 0 Å². The van der Waals surface area contributed by atoms with Gasteiger partial charge in [-0.15, -0.1) is 0 Å². The monoisotopic (exact) mass is 204 g/mol. The van der Waals surface area contributed by atoms with Crippen molar-refractivity contribution in [3.63, 3.8) is 0 Å². The lowest BCUT2D eigenvalue weighted by molar-refractivity contribution is 0.689. The van der Waals surface area contributed by atoms with Crippen molar-refractivity contribution in [1.29, 1.82) is 5.26 Å². The second-order valence-electron chi connectivity index (χ2n) is 3.69. The fourth-order valence-electron chi connectivity index (χ4n) is 1.25. The molecule has 0 amide bonds. The Morgan fingerprint density at radius 1 is 1.60 bits per heavy atom. The van der Waals surface area contributed by atoms with Crippen LogP contribution in [0.15, 0.2) is 12.1 Å². The average molecular weight is 204 g/mol. The minimum absolute atomic E-state index is 0.178. The lowest BCUT2D eigenvalue weighted by atomic mass is 10.2. The minimum Gasteiger partial charge on any atom is -0.370 e. The predicted molar refractivity (Wildman–Crippen MR) is 60.4 cm³/mol. The molecule has 0 aliphatic rings. The van der Waals surface area contributed by atoms with Gasteiger partial charge in [-0.3, -0.25) is 0 Å². The molecule has 0 aromatic carbocycles. The molecule has 0 bridgehead atoms. The molecule has 1 rings (SSSR count). The van der Waals surface area contributed by atoms with E-state index in [2.05, 4.69) is 16.4 Å². The van der Waals surface area contributed by atoms with Crippen molar-refractivity contribution >= 4 is 5.82 Å². The van der Waals surface area contributed by atoms with Crippen LogP contribution >= 0.6 is 0 Å². The number of aryl methyl sites for hydroxylation is 1. The van der Waals surface area contributed by atoms with Crippen LogP contribution in [0.1, 0.15) is 24.6 Å². The molecule has 0 saturated heterocycles. The quantitative estimate of drug-likeness (QED) is 0.777. The van der Waals surface area contributed by atoms with Crippen LogP contribution in [0.2, 0.25) is 0 Å². The first kappa shape index (κ1) is 11.5. The van der Waals surface area contributed by atoms with Crippen LogP contribution in [0.3, 0.4) is 0 Å². The number of nitrogens with two attached hydrogens (primary N) is 1. The Bertz CT molecular complexity index is 365. The first-order chi connectivity index (χ1) is 7.11. The second-order valence-corrected chi connectivity index (χ2v) is 3.69. The molecule has 1 aromatic rings. The van der Waals surface area contributed by atoms with E-state index in [1.165, 1.54) is 0 Å². The Balaban J connectivity index is 2.61. The van der Waals surface area contributed by atoms with Crippen molar-refractivity contribution in [2.24, 2.45) is 5.73 Å². The van der Waals surface area contributed by atoms with E-state index in [9.17, 15) is 0 Å². The minimum atomic E-state index is 0.178. The van der Waals surface area contributed by atoms with Gasteiger partial charge in [-0.2, -0.15) is 5.26 Å². The van der Waals surface area contributed by atoms with Gasteiger partial charge in [0.05, 0.1) is 11.6 Å². The first-order valence-electron chi connectivity index (χ1n) is 5.00. The van der Waals surface area contributed by atoms with Gasteiger partial charge in [0.15, 0.2) is 0 Å². The van der Waals surface area contributed by atoms with Crippen LogP contribution in [-0.4, -0.2) is 17.6 Å². The Morgan fingerprint density at radius 3 is 2.93 bits per heavy atom. The van der Waals surface area contributed by atoms with Gasteiger partial charge < -0.3 is 11.1 Å². The van der Waals surface area contributed by atoms with Gasteiger partial charge >= 0.3 is 0 Å². The number of rotatable bonds is 4. The number of pyridine rings is 1. The summed E-state index contributed by atoms with van der Waals surface area (Å²) in [6.45, 7) is 4.61. The van der Waals surface area contributed by atoms with Crippen molar-refractivity contribution in [3.05, 3.63) is 23.4 Å². The van der Waals surface area contributed by atoms with Gasteiger partial charge in [0.1, 0.15) is 5.82 Å². The maximum atomic E-state index is 8.77. The van der Waals surface area contributed by atoms with Crippen LogP contribution in [0.4, 0.5) is 5.82 Å². The molecule has 0 fully saturated rings.